The van der Waals surface area contributed by atoms with Crippen LogP contribution in [0, 0.1) is 11.8 Å². The lowest BCUT2D eigenvalue weighted by molar-refractivity contribution is 0.199. The van der Waals surface area contributed by atoms with E-state index in [9.17, 15) is 5.11 Å². The molecule has 2 heteroatoms. The summed E-state index contributed by atoms with van der Waals surface area (Å²) in [6, 6.07) is 0.675. The van der Waals surface area contributed by atoms with Crippen LogP contribution in [-0.2, 0) is 0 Å². The van der Waals surface area contributed by atoms with Gasteiger partial charge in [-0.3, -0.25) is 0 Å². The first-order chi connectivity index (χ1) is 6.81. The number of rotatable bonds is 8. The molecule has 0 saturated heterocycles. The van der Waals surface area contributed by atoms with Crippen molar-refractivity contribution in [2.24, 2.45) is 11.8 Å². The zero-order valence-electron chi connectivity index (χ0n) is 9.63. The molecule has 2 nitrogen and oxygen atoms in total. The van der Waals surface area contributed by atoms with E-state index in [4.69, 9.17) is 0 Å². The van der Waals surface area contributed by atoms with Gasteiger partial charge in [-0.2, -0.15) is 0 Å². The Hall–Kier alpha value is -0.0800. The van der Waals surface area contributed by atoms with E-state index >= 15 is 0 Å². The summed E-state index contributed by atoms with van der Waals surface area (Å²) in [6.07, 6.45) is 6.26. The Bertz CT molecular complexity index is 141. The van der Waals surface area contributed by atoms with E-state index in [-0.39, 0.29) is 0 Å². The van der Waals surface area contributed by atoms with Crippen LogP contribution < -0.4 is 5.32 Å². The van der Waals surface area contributed by atoms with Gasteiger partial charge in [0.25, 0.3) is 0 Å². The maximum atomic E-state index is 9.19. The first-order valence-electron chi connectivity index (χ1n) is 6.16. The highest BCUT2D eigenvalue weighted by atomic mass is 16.3. The number of aliphatic hydroxyl groups is 1. The van der Waals surface area contributed by atoms with E-state index in [0.29, 0.717) is 18.6 Å². The van der Waals surface area contributed by atoms with Crippen molar-refractivity contribution in [3.63, 3.8) is 0 Å². The van der Waals surface area contributed by atoms with Crippen molar-refractivity contribution in [2.75, 3.05) is 13.2 Å². The lowest BCUT2D eigenvalue weighted by Crippen LogP contribution is -2.30. The number of nitrogens with one attached hydrogen (secondary N) is 1. The monoisotopic (exact) mass is 199 g/mol. The largest absolute Gasteiger partial charge is 0.396 e. The Morgan fingerprint density at radius 2 is 1.93 bits per heavy atom. The third-order valence-corrected chi connectivity index (χ3v) is 3.46. The predicted octanol–water partition coefficient (Wildman–Crippen LogP) is 2.17. The summed E-state index contributed by atoms with van der Waals surface area (Å²) in [6.45, 7) is 5.92. The summed E-state index contributed by atoms with van der Waals surface area (Å²) in [5.41, 5.74) is 0. The van der Waals surface area contributed by atoms with E-state index in [2.05, 4.69) is 19.2 Å². The molecule has 14 heavy (non-hydrogen) atoms. The fourth-order valence-corrected chi connectivity index (χ4v) is 2.09. The summed E-state index contributed by atoms with van der Waals surface area (Å²) >= 11 is 0. The quantitative estimate of drug-likeness (QED) is 0.628. The molecule has 1 atom stereocenters. The van der Waals surface area contributed by atoms with E-state index in [1.54, 1.807) is 0 Å². The molecule has 0 aromatic heterocycles. The Kier molecular flexibility index (Phi) is 5.49. The summed E-state index contributed by atoms with van der Waals surface area (Å²) in [4.78, 5) is 0. The second-order valence-corrected chi connectivity index (χ2v) is 4.54. The number of hydrogen-bond donors (Lipinski definition) is 2. The molecule has 0 amide bonds. The van der Waals surface area contributed by atoms with Gasteiger partial charge in [0.1, 0.15) is 0 Å². The Labute approximate surface area is 88.1 Å². The van der Waals surface area contributed by atoms with Crippen LogP contribution >= 0.6 is 0 Å². The van der Waals surface area contributed by atoms with Crippen LogP contribution in [0.3, 0.4) is 0 Å². The van der Waals surface area contributed by atoms with Gasteiger partial charge >= 0.3 is 0 Å². The molecule has 0 spiro atoms. The molecular formula is C12H25NO. The smallest absolute Gasteiger partial charge is 0.0462 e. The molecule has 0 aromatic rings. The average Bonchev–Trinajstić information content (AvgIpc) is 3.02. The minimum Gasteiger partial charge on any atom is -0.396 e. The Morgan fingerprint density at radius 1 is 1.29 bits per heavy atom. The molecule has 1 aliphatic rings. The highest BCUT2D eigenvalue weighted by molar-refractivity contribution is 4.81. The van der Waals surface area contributed by atoms with Gasteiger partial charge in [-0.1, -0.05) is 13.8 Å². The van der Waals surface area contributed by atoms with Crippen molar-refractivity contribution in [2.45, 2.75) is 52.0 Å². The average molecular weight is 199 g/mol. The van der Waals surface area contributed by atoms with Crippen molar-refractivity contribution >= 4 is 0 Å². The molecule has 0 bridgehead atoms. The summed E-state index contributed by atoms with van der Waals surface area (Å²) in [7, 11) is 0. The predicted molar refractivity (Wildman–Crippen MR) is 60.3 cm³/mol. The molecule has 0 heterocycles. The Morgan fingerprint density at radius 3 is 2.36 bits per heavy atom. The van der Waals surface area contributed by atoms with Crippen LogP contribution in [0.5, 0.6) is 0 Å². The summed E-state index contributed by atoms with van der Waals surface area (Å²) < 4.78 is 0. The van der Waals surface area contributed by atoms with E-state index in [0.717, 1.165) is 18.9 Å². The van der Waals surface area contributed by atoms with Crippen molar-refractivity contribution in [3.8, 4) is 0 Å². The van der Waals surface area contributed by atoms with E-state index < -0.39 is 0 Å². The number of aliphatic hydroxyl groups excluding tert-OH is 1. The fourth-order valence-electron chi connectivity index (χ4n) is 2.09. The maximum Gasteiger partial charge on any atom is 0.0462 e. The standard InChI is InChI=1S/C12H25NO/c1-3-12(4-2)13-8-7-11(9-14)10-5-6-10/h10-14H,3-9H2,1-2H3. The maximum absolute atomic E-state index is 9.19. The highest BCUT2D eigenvalue weighted by Crippen LogP contribution is 2.37. The van der Waals surface area contributed by atoms with Crippen molar-refractivity contribution < 1.29 is 5.11 Å². The minimum atomic E-state index is 0.384. The van der Waals surface area contributed by atoms with Gasteiger partial charge in [0.15, 0.2) is 0 Å². The zero-order chi connectivity index (χ0) is 10.4. The first-order valence-corrected chi connectivity index (χ1v) is 6.16. The third-order valence-electron chi connectivity index (χ3n) is 3.46. The van der Waals surface area contributed by atoms with Crippen LogP contribution in [0.2, 0.25) is 0 Å². The highest BCUT2D eigenvalue weighted by Gasteiger charge is 2.29. The van der Waals surface area contributed by atoms with Crippen LogP contribution in [0.25, 0.3) is 0 Å². The van der Waals surface area contributed by atoms with Gasteiger partial charge < -0.3 is 10.4 Å². The molecule has 0 radical (unpaired) electrons. The molecule has 1 aliphatic carbocycles. The van der Waals surface area contributed by atoms with Gasteiger partial charge in [-0.15, -0.1) is 0 Å². The topological polar surface area (TPSA) is 32.3 Å². The summed E-state index contributed by atoms with van der Waals surface area (Å²) in [5.74, 6) is 1.40. The molecular weight excluding hydrogens is 174 g/mol. The Balaban J connectivity index is 2.06. The molecule has 1 fully saturated rings. The normalized spacial score (nSPS) is 18.9. The van der Waals surface area contributed by atoms with Crippen molar-refractivity contribution in [3.05, 3.63) is 0 Å². The van der Waals surface area contributed by atoms with Gasteiger partial charge in [-0.05, 0) is 50.5 Å². The molecule has 1 saturated carbocycles. The molecule has 2 N–H and O–H groups in total. The van der Waals surface area contributed by atoms with Crippen molar-refractivity contribution in [1.29, 1.82) is 0 Å². The second-order valence-electron chi connectivity index (χ2n) is 4.54. The number of hydrogen-bond acceptors (Lipinski definition) is 2. The van der Waals surface area contributed by atoms with Crippen LogP contribution in [0.1, 0.15) is 46.0 Å². The van der Waals surface area contributed by atoms with Crippen LogP contribution in [-0.4, -0.2) is 24.3 Å². The second kappa shape index (κ2) is 6.41. The lowest BCUT2D eigenvalue weighted by Gasteiger charge is -2.17. The molecule has 1 rings (SSSR count). The summed E-state index contributed by atoms with van der Waals surface area (Å²) in [5, 5.41) is 12.7. The molecule has 1 unspecified atom stereocenters. The van der Waals surface area contributed by atoms with Gasteiger partial charge in [0, 0.05) is 12.6 Å². The molecule has 0 aromatic carbocycles. The zero-order valence-corrected chi connectivity index (χ0v) is 9.63. The lowest BCUT2D eigenvalue weighted by atomic mass is 10.0. The van der Waals surface area contributed by atoms with Gasteiger partial charge in [-0.25, -0.2) is 0 Å². The van der Waals surface area contributed by atoms with Gasteiger partial charge in [0.2, 0.25) is 0 Å². The van der Waals surface area contributed by atoms with Gasteiger partial charge in [0.05, 0.1) is 0 Å². The van der Waals surface area contributed by atoms with Crippen molar-refractivity contribution in [1.82, 2.24) is 5.32 Å². The fraction of sp³-hybridized carbons (Fsp3) is 1.00. The van der Waals surface area contributed by atoms with E-state index in [1.807, 2.05) is 0 Å². The third kappa shape index (κ3) is 3.97. The first kappa shape index (κ1) is 12.0. The molecule has 84 valence electrons. The SMILES string of the molecule is CCC(CC)NCCC(CO)C1CC1. The van der Waals surface area contributed by atoms with E-state index in [1.165, 1.54) is 25.7 Å². The van der Waals surface area contributed by atoms with Crippen LogP contribution in [0.4, 0.5) is 0 Å². The minimum absolute atomic E-state index is 0.384. The van der Waals surface area contributed by atoms with Crippen LogP contribution in [0.15, 0.2) is 0 Å². The molecule has 0 aliphatic heterocycles.